The zero-order valence-electron chi connectivity index (χ0n) is 10.4. The van der Waals surface area contributed by atoms with Gasteiger partial charge in [-0.3, -0.25) is 4.79 Å². The molecule has 3 N–H and O–H groups in total. The summed E-state index contributed by atoms with van der Waals surface area (Å²) in [6.07, 6.45) is 0. The SMILES string of the molecule is Nc1cccc(OCC(=O)Nc2c(F)cccc2Br)c1. The molecule has 0 aromatic heterocycles. The zero-order valence-corrected chi connectivity index (χ0v) is 12.0. The highest BCUT2D eigenvalue weighted by molar-refractivity contribution is 9.10. The largest absolute Gasteiger partial charge is 0.484 e. The van der Waals surface area contributed by atoms with E-state index in [0.717, 1.165) is 0 Å². The molecule has 0 fully saturated rings. The van der Waals surface area contributed by atoms with E-state index in [2.05, 4.69) is 21.2 Å². The molecule has 0 bridgehead atoms. The average molecular weight is 339 g/mol. The zero-order chi connectivity index (χ0) is 14.5. The molecule has 0 atom stereocenters. The second-order valence-corrected chi connectivity index (χ2v) is 4.86. The maximum atomic E-state index is 13.5. The summed E-state index contributed by atoms with van der Waals surface area (Å²) >= 11 is 3.17. The van der Waals surface area contributed by atoms with Gasteiger partial charge in [-0.1, -0.05) is 12.1 Å². The minimum absolute atomic E-state index is 0.0914. The van der Waals surface area contributed by atoms with Gasteiger partial charge in [0.05, 0.1) is 5.69 Å². The van der Waals surface area contributed by atoms with Crippen molar-refractivity contribution in [3.63, 3.8) is 0 Å². The number of ether oxygens (including phenoxy) is 1. The van der Waals surface area contributed by atoms with Gasteiger partial charge in [-0.05, 0) is 40.2 Å². The lowest BCUT2D eigenvalue weighted by atomic mass is 10.3. The minimum atomic E-state index is -0.517. The van der Waals surface area contributed by atoms with E-state index in [1.54, 1.807) is 30.3 Å². The highest BCUT2D eigenvalue weighted by Gasteiger charge is 2.10. The average Bonchev–Trinajstić information content (AvgIpc) is 2.41. The molecule has 0 radical (unpaired) electrons. The van der Waals surface area contributed by atoms with E-state index in [-0.39, 0.29) is 12.3 Å². The quantitative estimate of drug-likeness (QED) is 0.841. The van der Waals surface area contributed by atoms with E-state index in [0.29, 0.717) is 15.9 Å². The van der Waals surface area contributed by atoms with Crippen molar-refractivity contribution in [1.82, 2.24) is 0 Å². The Balaban J connectivity index is 1.96. The molecule has 2 aromatic carbocycles. The molecule has 6 heteroatoms. The summed E-state index contributed by atoms with van der Waals surface area (Å²) in [4.78, 5) is 11.7. The number of hydrogen-bond acceptors (Lipinski definition) is 3. The summed E-state index contributed by atoms with van der Waals surface area (Å²) < 4.78 is 19.3. The summed E-state index contributed by atoms with van der Waals surface area (Å²) in [5.74, 6) is -0.498. The molecule has 2 aromatic rings. The Hall–Kier alpha value is -2.08. The number of carbonyl (C=O) groups is 1. The van der Waals surface area contributed by atoms with Gasteiger partial charge < -0.3 is 15.8 Å². The Morgan fingerprint density at radius 3 is 2.75 bits per heavy atom. The van der Waals surface area contributed by atoms with Crippen LogP contribution in [0.3, 0.4) is 0 Å². The van der Waals surface area contributed by atoms with E-state index in [9.17, 15) is 9.18 Å². The third kappa shape index (κ3) is 3.71. The third-order valence-electron chi connectivity index (χ3n) is 2.46. The van der Waals surface area contributed by atoms with Crippen LogP contribution in [0.1, 0.15) is 0 Å². The van der Waals surface area contributed by atoms with Gasteiger partial charge in [0, 0.05) is 16.2 Å². The molecule has 0 saturated heterocycles. The number of rotatable bonds is 4. The summed E-state index contributed by atoms with van der Waals surface area (Å²) in [7, 11) is 0. The summed E-state index contributed by atoms with van der Waals surface area (Å²) in [6.45, 7) is -0.232. The lowest BCUT2D eigenvalue weighted by molar-refractivity contribution is -0.118. The molecule has 0 aliphatic heterocycles. The Kier molecular flexibility index (Phi) is 4.57. The first-order valence-electron chi connectivity index (χ1n) is 5.78. The number of nitrogen functional groups attached to an aromatic ring is 1. The van der Waals surface area contributed by atoms with Crippen molar-refractivity contribution in [3.05, 3.63) is 52.8 Å². The standard InChI is InChI=1S/C14H12BrFN2O2/c15-11-5-2-6-12(16)14(11)18-13(19)8-20-10-4-1-3-9(17)7-10/h1-7H,8,17H2,(H,18,19). The summed E-state index contributed by atoms with van der Waals surface area (Å²) in [6, 6.07) is 11.2. The number of benzene rings is 2. The van der Waals surface area contributed by atoms with Crippen LogP contribution < -0.4 is 15.8 Å². The third-order valence-corrected chi connectivity index (χ3v) is 3.12. The summed E-state index contributed by atoms with van der Waals surface area (Å²) in [5, 5.41) is 2.45. The number of para-hydroxylation sites is 1. The molecule has 0 heterocycles. The molecule has 0 spiro atoms. The summed E-state index contributed by atoms with van der Waals surface area (Å²) in [5.41, 5.74) is 6.22. The van der Waals surface area contributed by atoms with Gasteiger partial charge in [0.15, 0.2) is 6.61 Å². The van der Waals surface area contributed by atoms with Crippen LogP contribution in [-0.2, 0) is 4.79 Å². The van der Waals surface area contributed by atoms with Crippen LogP contribution in [0.2, 0.25) is 0 Å². The smallest absolute Gasteiger partial charge is 0.262 e. The first-order valence-corrected chi connectivity index (χ1v) is 6.58. The number of anilines is 2. The molecule has 0 unspecified atom stereocenters. The number of nitrogens with one attached hydrogen (secondary N) is 1. The predicted octanol–water partition coefficient (Wildman–Crippen LogP) is 3.19. The topological polar surface area (TPSA) is 64.3 Å². The van der Waals surface area contributed by atoms with E-state index >= 15 is 0 Å². The number of hydrogen-bond donors (Lipinski definition) is 2. The van der Waals surface area contributed by atoms with Crippen LogP contribution in [-0.4, -0.2) is 12.5 Å². The van der Waals surface area contributed by atoms with Gasteiger partial charge in [0.25, 0.3) is 5.91 Å². The highest BCUT2D eigenvalue weighted by atomic mass is 79.9. The van der Waals surface area contributed by atoms with Crippen molar-refractivity contribution < 1.29 is 13.9 Å². The van der Waals surface area contributed by atoms with E-state index in [1.165, 1.54) is 12.1 Å². The normalized spacial score (nSPS) is 10.1. The Morgan fingerprint density at radius 2 is 2.05 bits per heavy atom. The van der Waals surface area contributed by atoms with Crippen molar-refractivity contribution in [2.24, 2.45) is 0 Å². The van der Waals surface area contributed by atoms with Gasteiger partial charge in [-0.25, -0.2) is 4.39 Å². The first-order chi connectivity index (χ1) is 9.56. The van der Waals surface area contributed by atoms with E-state index in [4.69, 9.17) is 10.5 Å². The molecular formula is C14H12BrFN2O2. The fourth-order valence-electron chi connectivity index (χ4n) is 1.55. The number of carbonyl (C=O) groups excluding carboxylic acids is 1. The Labute approximate surface area is 123 Å². The van der Waals surface area contributed by atoms with Gasteiger partial charge in [-0.15, -0.1) is 0 Å². The van der Waals surface area contributed by atoms with Gasteiger partial charge >= 0.3 is 0 Å². The molecule has 1 amide bonds. The monoisotopic (exact) mass is 338 g/mol. The molecule has 0 aliphatic rings. The lowest BCUT2D eigenvalue weighted by Crippen LogP contribution is -2.21. The molecule has 4 nitrogen and oxygen atoms in total. The Morgan fingerprint density at radius 1 is 1.30 bits per heavy atom. The van der Waals surface area contributed by atoms with Crippen LogP contribution >= 0.6 is 15.9 Å². The predicted molar refractivity (Wildman–Crippen MR) is 79.1 cm³/mol. The molecule has 20 heavy (non-hydrogen) atoms. The molecular weight excluding hydrogens is 327 g/mol. The molecule has 0 aliphatic carbocycles. The molecule has 0 saturated carbocycles. The van der Waals surface area contributed by atoms with Crippen molar-refractivity contribution in [1.29, 1.82) is 0 Å². The second kappa shape index (κ2) is 6.38. The van der Waals surface area contributed by atoms with E-state index < -0.39 is 11.7 Å². The van der Waals surface area contributed by atoms with Crippen LogP contribution in [0.15, 0.2) is 46.9 Å². The van der Waals surface area contributed by atoms with Gasteiger partial charge in [-0.2, -0.15) is 0 Å². The highest BCUT2D eigenvalue weighted by Crippen LogP contribution is 2.25. The van der Waals surface area contributed by atoms with Crippen molar-refractivity contribution in [3.8, 4) is 5.75 Å². The van der Waals surface area contributed by atoms with E-state index in [1.807, 2.05) is 0 Å². The van der Waals surface area contributed by atoms with Crippen LogP contribution in [0.25, 0.3) is 0 Å². The number of amides is 1. The van der Waals surface area contributed by atoms with Gasteiger partial charge in [0.2, 0.25) is 0 Å². The lowest BCUT2D eigenvalue weighted by Gasteiger charge is -2.10. The number of nitrogens with two attached hydrogens (primary N) is 1. The van der Waals surface area contributed by atoms with Gasteiger partial charge in [0.1, 0.15) is 11.6 Å². The first kappa shape index (κ1) is 14.3. The van der Waals surface area contributed by atoms with Crippen molar-refractivity contribution in [2.45, 2.75) is 0 Å². The minimum Gasteiger partial charge on any atom is -0.484 e. The van der Waals surface area contributed by atoms with Crippen LogP contribution in [0.5, 0.6) is 5.75 Å². The molecule has 2 rings (SSSR count). The Bertz CT molecular complexity index is 614. The van der Waals surface area contributed by atoms with Crippen molar-refractivity contribution >= 4 is 33.2 Å². The fourth-order valence-corrected chi connectivity index (χ4v) is 1.99. The second-order valence-electron chi connectivity index (χ2n) is 4.01. The maximum Gasteiger partial charge on any atom is 0.262 e. The number of halogens is 2. The maximum absolute atomic E-state index is 13.5. The van der Waals surface area contributed by atoms with Crippen molar-refractivity contribution in [2.75, 3.05) is 17.7 Å². The fraction of sp³-hybridized carbons (Fsp3) is 0.0714. The van der Waals surface area contributed by atoms with Crippen LogP contribution in [0, 0.1) is 5.82 Å². The van der Waals surface area contributed by atoms with Crippen LogP contribution in [0.4, 0.5) is 15.8 Å². The molecule has 104 valence electrons.